The average molecular weight is 658 g/mol. The van der Waals surface area contributed by atoms with Crippen LogP contribution in [0.15, 0.2) is 75.3 Å². The van der Waals surface area contributed by atoms with E-state index in [1.165, 1.54) is 33.3 Å². The molecule has 5 atom stereocenters. The van der Waals surface area contributed by atoms with Crippen molar-refractivity contribution in [2.24, 2.45) is 0 Å². The number of ketones is 4. The van der Waals surface area contributed by atoms with Crippen molar-refractivity contribution in [3.8, 4) is 6.07 Å². The third kappa shape index (κ3) is 4.90. The van der Waals surface area contributed by atoms with Gasteiger partial charge in [-0.2, -0.15) is 5.26 Å². The molecule has 1 aromatic carbocycles. The van der Waals surface area contributed by atoms with Gasteiger partial charge in [0.2, 0.25) is 11.6 Å². The largest absolute Gasteiger partial charge is 0.492 e. The standard InChI is InChI=1S/C35H32ClN3O8/c1-16-30(41)19-13-23-29-28-20(31(42)17(2)35(46-5)33(28)44)12-22(38(29)3)24(14-37)39(23)25(27(19)32(43)34(16)45-4)15-47-26(40)11-10-18-8-6-7-9-21(18)36/h6-11,22-25,29H,12-13,15H2,1-5H3/b11-10+/t22-,23-,24-,25-,29+/m0/s1. The molecule has 0 saturated carbocycles. The Morgan fingerprint density at radius 1 is 0.936 bits per heavy atom. The van der Waals surface area contributed by atoms with E-state index in [-0.39, 0.29) is 64.6 Å². The molecule has 5 aliphatic rings. The minimum absolute atomic E-state index is 0.00820. The van der Waals surface area contributed by atoms with Crippen LogP contribution in [-0.2, 0) is 38.2 Å². The number of carbonyl (C=O) groups is 5. The zero-order valence-electron chi connectivity index (χ0n) is 26.5. The smallest absolute Gasteiger partial charge is 0.330 e. The van der Waals surface area contributed by atoms with E-state index in [1.807, 2.05) is 4.90 Å². The quantitative estimate of drug-likeness (QED) is 0.253. The van der Waals surface area contributed by atoms with Crippen molar-refractivity contribution in [1.29, 1.82) is 5.26 Å². The molecule has 3 aliphatic heterocycles. The Bertz CT molecular complexity index is 1860. The molecule has 1 aromatic rings. The highest BCUT2D eigenvalue weighted by Gasteiger charge is 2.60. The Kier molecular flexibility index (Phi) is 8.38. The number of benzene rings is 1. The second-order valence-corrected chi connectivity index (χ2v) is 12.5. The van der Waals surface area contributed by atoms with Crippen LogP contribution in [0.2, 0.25) is 5.02 Å². The third-order valence-corrected chi connectivity index (χ3v) is 10.2. The number of esters is 1. The molecule has 0 spiro atoms. The molecule has 0 aromatic heterocycles. The zero-order chi connectivity index (χ0) is 33.9. The van der Waals surface area contributed by atoms with Gasteiger partial charge < -0.3 is 14.2 Å². The first-order valence-corrected chi connectivity index (χ1v) is 15.5. The number of piperazine rings is 1. The first kappa shape index (κ1) is 32.3. The maximum absolute atomic E-state index is 14.0. The highest BCUT2D eigenvalue weighted by atomic mass is 35.5. The maximum atomic E-state index is 14.0. The van der Waals surface area contributed by atoms with Crippen LogP contribution < -0.4 is 0 Å². The Hall–Kier alpha value is -4.63. The second-order valence-electron chi connectivity index (χ2n) is 12.1. The lowest BCUT2D eigenvalue weighted by Crippen LogP contribution is -2.74. The first-order valence-electron chi connectivity index (χ1n) is 15.1. The molecule has 0 amide bonds. The number of nitriles is 1. The van der Waals surface area contributed by atoms with E-state index in [9.17, 15) is 29.2 Å². The van der Waals surface area contributed by atoms with Crippen LogP contribution in [0.3, 0.4) is 0 Å². The molecule has 1 fully saturated rings. The number of carbonyl (C=O) groups excluding carboxylic acids is 5. The van der Waals surface area contributed by atoms with Crippen LogP contribution >= 0.6 is 11.6 Å². The molecule has 11 nitrogen and oxygen atoms in total. The van der Waals surface area contributed by atoms with Crippen molar-refractivity contribution in [2.45, 2.75) is 56.9 Å². The molecule has 0 radical (unpaired) electrons. The van der Waals surface area contributed by atoms with Gasteiger partial charge in [0.25, 0.3) is 0 Å². The molecule has 0 N–H and O–H groups in total. The van der Waals surface area contributed by atoms with Gasteiger partial charge in [-0.25, -0.2) is 4.79 Å². The summed E-state index contributed by atoms with van der Waals surface area (Å²) in [6, 6.07) is 5.38. The number of rotatable bonds is 6. The summed E-state index contributed by atoms with van der Waals surface area (Å²) in [5.74, 6) is -2.58. The fourth-order valence-electron chi connectivity index (χ4n) is 7.75. The third-order valence-electron chi connectivity index (χ3n) is 9.90. The molecule has 2 aliphatic carbocycles. The minimum Gasteiger partial charge on any atom is -0.492 e. The summed E-state index contributed by atoms with van der Waals surface area (Å²) in [6.45, 7) is 2.68. The molecule has 12 heteroatoms. The molecular weight excluding hydrogens is 626 g/mol. The second kappa shape index (κ2) is 12.2. The van der Waals surface area contributed by atoms with Crippen molar-refractivity contribution in [2.75, 3.05) is 27.9 Å². The van der Waals surface area contributed by atoms with Gasteiger partial charge >= 0.3 is 5.97 Å². The van der Waals surface area contributed by atoms with E-state index in [0.717, 1.165) is 0 Å². The highest BCUT2D eigenvalue weighted by Crippen LogP contribution is 2.49. The molecule has 0 unspecified atom stereocenters. The van der Waals surface area contributed by atoms with E-state index < -0.39 is 53.5 Å². The van der Waals surface area contributed by atoms with Gasteiger partial charge in [0.15, 0.2) is 23.1 Å². The summed E-state index contributed by atoms with van der Waals surface area (Å²) in [5.41, 5.74) is 1.81. The number of Topliss-reactive ketones (excluding diaryl/α,β-unsaturated/α-hetero) is 4. The fraction of sp³-hybridized carbons (Fsp3) is 0.371. The number of methoxy groups -OCH3 is 2. The number of allylic oxidation sites excluding steroid dienone is 4. The SMILES string of the molecule is COC1=C(C)C(=O)C2=C(C1=O)[C@H]1[C@@H]3CC4=C(C(=O)C(OC)=C(C)C4=O)[C@H](COC(=O)/C=C/c4ccccc4Cl)N3[C@@H](C#N)[C@H](C2)N1C. The molecule has 1 saturated heterocycles. The molecule has 2 bridgehead atoms. The van der Waals surface area contributed by atoms with Crippen molar-refractivity contribution < 1.29 is 38.2 Å². The van der Waals surface area contributed by atoms with E-state index >= 15 is 0 Å². The summed E-state index contributed by atoms with van der Waals surface area (Å²) in [4.78, 5) is 72.0. The Balaban J connectivity index is 1.45. The molecule has 6 rings (SSSR count). The number of hydrogen-bond donors (Lipinski definition) is 0. The first-order chi connectivity index (χ1) is 22.5. The number of ether oxygens (including phenoxy) is 3. The summed E-state index contributed by atoms with van der Waals surface area (Å²) in [7, 11) is 4.42. The van der Waals surface area contributed by atoms with Crippen molar-refractivity contribution in [3.63, 3.8) is 0 Å². The Morgan fingerprint density at radius 3 is 2.11 bits per heavy atom. The van der Waals surface area contributed by atoms with Gasteiger partial charge in [0.1, 0.15) is 12.6 Å². The highest BCUT2D eigenvalue weighted by molar-refractivity contribution is 6.32. The van der Waals surface area contributed by atoms with Crippen molar-refractivity contribution in [3.05, 3.63) is 85.9 Å². The normalized spacial score (nSPS) is 28.0. The molecule has 242 valence electrons. The lowest BCUT2D eigenvalue weighted by atomic mass is 9.67. The van der Waals surface area contributed by atoms with Crippen LogP contribution in [0.25, 0.3) is 6.08 Å². The van der Waals surface area contributed by atoms with Crippen LogP contribution in [0.4, 0.5) is 0 Å². The maximum Gasteiger partial charge on any atom is 0.330 e. The lowest BCUT2D eigenvalue weighted by molar-refractivity contribution is -0.142. The fourth-order valence-corrected chi connectivity index (χ4v) is 7.95. The van der Waals surface area contributed by atoms with E-state index in [4.69, 9.17) is 25.8 Å². The van der Waals surface area contributed by atoms with Gasteiger partial charge in [-0.1, -0.05) is 29.8 Å². The molecule has 47 heavy (non-hydrogen) atoms. The Labute approximate surface area is 276 Å². The number of fused-ring (bicyclic) bond motifs is 5. The van der Waals surface area contributed by atoms with Gasteiger partial charge in [0, 0.05) is 56.6 Å². The van der Waals surface area contributed by atoms with Crippen LogP contribution in [0.1, 0.15) is 32.3 Å². The Morgan fingerprint density at radius 2 is 1.51 bits per heavy atom. The van der Waals surface area contributed by atoms with E-state index in [0.29, 0.717) is 16.2 Å². The number of likely N-dealkylation sites (N-methyl/N-ethyl adjacent to an activating group) is 1. The van der Waals surface area contributed by atoms with Gasteiger partial charge in [-0.15, -0.1) is 0 Å². The van der Waals surface area contributed by atoms with Crippen molar-refractivity contribution in [1.82, 2.24) is 9.80 Å². The topological polar surface area (TPSA) is 143 Å². The number of nitrogens with zero attached hydrogens (tertiary/aromatic N) is 3. The van der Waals surface area contributed by atoms with Crippen molar-refractivity contribution >= 4 is 46.8 Å². The molecule has 3 heterocycles. The predicted molar refractivity (Wildman–Crippen MR) is 168 cm³/mol. The minimum atomic E-state index is -1.03. The predicted octanol–water partition coefficient (Wildman–Crippen LogP) is 3.06. The summed E-state index contributed by atoms with van der Waals surface area (Å²) >= 11 is 6.22. The number of halogens is 1. The van der Waals surface area contributed by atoms with Crippen LogP contribution in [0.5, 0.6) is 0 Å². The lowest BCUT2D eigenvalue weighted by Gasteiger charge is -2.60. The summed E-state index contributed by atoms with van der Waals surface area (Å²) in [5, 5.41) is 11.1. The molecular formula is C35H32ClN3O8. The number of hydrogen-bond acceptors (Lipinski definition) is 11. The zero-order valence-corrected chi connectivity index (χ0v) is 27.2. The van der Waals surface area contributed by atoms with Gasteiger partial charge in [-0.05, 0) is 51.4 Å². The van der Waals surface area contributed by atoms with Crippen LogP contribution in [0, 0.1) is 11.3 Å². The summed E-state index contributed by atoms with van der Waals surface area (Å²) in [6.07, 6.45) is 2.83. The average Bonchev–Trinajstić information content (AvgIpc) is 3.05. The van der Waals surface area contributed by atoms with Crippen LogP contribution in [-0.4, -0.2) is 97.0 Å². The van der Waals surface area contributed by atoms with Gasteiger partial charge in [0.05, 0.1) is 32.4 Å². The van der Waals surface area contributed by atoms with E-state index in [2.05, 4.69) is 6.07 Å². The monoisotopic (exact) mass is 657 g/mol. The van der Waals surface area contributed by atoms with E-state index in [1.54, 1.807) is 43.1 Å². The van der Waals surface area contributed by atoms with Gasteiger partial charge in [-0.3, -0.25) is 29.0 Å². The summed E-state index contributed by atoms with van der Waals surface area (Å²) < 4.78 is 16.4.